The van der Waals surface area contributed by atoms with Gasteiger partial charge in [-0.3, -0.25) is 4.79 Å². The molecule has 1 N–H and O–H groups in total. The Labute approximate surface area is 185 Å². The highest BCUT2D eigenvalue weighted by Gasteiger charge is 2.28. The second-order valence-electron chi connectivity index (χ2n) is 7.18. The molecule has 0 unspecified atom stereocenters. The van der Waals surface area contributed by atoms with Crippen LogP contribution >= 0.6 is 15.9 Å². The van der Waals surface area contributed by atoms with Crippen LogP contribution in [-0.2, 0) is 14.8 Å². The molecule has 2 aromatic carbocycles. The van der Waals surface area contributed by atoms with E-state index in [1.54, 1.807) is 6.07 Å². The average Bonchev–Trinajstić information content (AvgIpc) is 3.26. The van der Waals surface area contributed by atoms with Crippen molar-refractivity contribution in [1.82, 2.24) is 4.31 Å². The quantitative estimate of drug-likeness (QED) is 0.628. The second kappa shape index (κ2) is 9.36. The molecule has 0 atom stereocenters. The van der Waals surface area contributed by atoms with Gasteiger partial charge in [0.2, 0.25) is 10.0 Å². The van der Waals surface area contributed by atoms with Gasteiger partial charge >= 0.3 is 0 Å². The Bertz CT molecular complexity index is 1030. The van der Waals surface area contributed by atoms with Crippen LogP contribution in [0, 0.1) is 13.8 Å². The standard InChI is InChI=1S/C21H25BrN2O5S/c1-14-10-16(11-15(2)21(14)22)29-13-20(25)23-18-12-17(6-7-19(18)28-3)30(26,27)24-8-4-5-9-24/h6-7,10-12H,4-5,8-9,13H2,1-3H3,(H,23,25). The molecule has 1 amide bonds. The topological polar surface area (TPSA) is 84.9 Å². The Hall–Kier alpha value is -2.10. The molecule has 0 bridgehead atoms. The lowest BCUT2D eigenvalue weighted by Crippen LogP contribution is -2.28. The number of nitrogens with zero attached hydrogens (tertiary/aromatic N) is 1. The number of aryl methyl sites for hydroxylation is 2. The van der Waals surface area contributed by atoms with Crippen molar-refractivity contribution in [3.63, 3.8) is 0 Å². The van der Waals surface area contributed by atoms with Crippen LogP contribution < -0.4 is 14.8 Å². The molecule has 162 valence electrons. The lowest BCUT2D eigenvalue weighted by molar-refractivity contribution is -0.118. The molecule has 0 aromatic heterocycles. The first kappa shape index (κ1) is 22.6. The predicted octanol–water partition coefficient (Wildman–Crippen LogP) is 3.88. The fourth-order valence-electron chi connectivity index (χ4n) is 3.35. The highest BCUT2D eigenvalue weighted by Crippen LogP contribution is 2.30. The Kier molecular flexibility index (Phi) is 7.05. The van der Waals surface area contributed by atoms with Crippen LogP contribution in [-0.4, -0.2) is 45.4 Å². The van der Waals surface area contributed by atoms with Crippen molar-refractivity contribution in [3.8, 4) is 11.5 Å². The van der Waals surface area contributed by atoms with Gasteiger partial charge in [0.05, 0.1) is 17.7 Å². The van der Waals surface area contributed by atoms with Gasteiger partial charge in [-0.15, -0.1) is 0 Å². The Balaban J connectivity index is 1.74. The minimum atomic E-state index is -3.60. The molecule has 2 aromatic rings. The molecule has 0 spiro atoms. The maximum Gasteiger partial charge on any atom is 0.262 e. The highest BCUT2D eigenvalue weighted by molar-refractivity contribution is 9.10. The lowest BCUT2D eigenvalue weighted by atomic mass is 10.1. The number of benzene rings is 2. The normalized spacial score (nSPS) is 14.5. The molecular formula is C21H25BrN2O5S. The van der Waals surface area contributed by atoms with E-state index in [1.807, 2.05) is 26.0 Å². The molecule has 1 fully saturated rings. The van der Waals surface area contributed by atoms with Crippen molar-refractivity contribution in [2.75, 3.05) is 32.1 Å². The molecular weight excluding hydrogens is 472 g/mol. The number of halogens is 1. The molecule has 30 heavy (non-hydrogen) atoms. The number of amides is 1. The minimum absolute atomic E-state index is 0.126. The predicted molar refractivity (Wildman–Crippen MR) is 119 cm³/mol. The summed E-state index contributed by atoms with van der Waals surface area (Å²) in [4.78, 5) is 12.6. The van der Waals surface area contributed by atoms with E-state index in [9.17, 15) is 13.2 Å². The summed E-state index contributed by atoms with van der Waals surface area (Å²) in [6.07, 6.45) is 1.71. The number of methoxy groups -OCH3 is 1. The van der Waals surface area contributed by atoms with Crippen LogP contribution in [0.5, 0.6) is 11.5 Å². The molecule has 3 rings (SSSR count). The van der Waals surface area contributed by atoms with Crippen molar-refractivity contribution in [3.05, 3.63) is 45.9 Å². The monoisotopic (exact) mass is 496 g/mol. The molecule has 0 saturated carbocycles. The van der Waals surface area contributed by atoms with Gasteiger partial charge < -0.3 is 14.8 Å². The first-order valence-electron chi connectivity index (χ1n) is 9.60. The third kappa shape index (κ3) is 4.96. The third-order valence-electron chi connectivity index (χ3n) is 4.93. The van der Waals surface area contributed by atoms with Crippen LogP contribution in [0.4, 0.5) is 5.69 Å². The maximum absolute atomic E-state index is 12.8. The summed E-state index contributed by atoms with van der Waals surface area (Å²) in [5.74, 6) is 0.543. The summed E-state index contributed by atoms with van der Waals surface area (Å²) in [6, 6.07) is 8.15. The molecule has 0 aliphatic carbocycles. The van der Waals surface area contributed by atoms with E-state index < -0.39 is 15.9 Å². The maximum atomic E-state index is 12.8. The zero-order chi connectivity index (χ0) is 21.9. The van der Waals surface area contributed by atoms with Crippen molar-refractivity contribution >= 4 is 37.5 Å². The Morgan fingerprint density at radius 3 is 2.37 bits per heavy atom. The SMILES string of the molecule is COc1ccc(S(=O)(=O)N2CCCC2)cc1NC(=O)COc1cc(C)c(Br)c(C)c1. The average molecular weight is 497 g/mol. The van der Waals surface area contributed by atoms with Gasteiger partial charge in [0, 0.05) is 17.6 Å². The van der Waals surface area contributed by atoms with Crippen molar-refractivity contribution in [1.29, 1.82) is 0 Å². The van der Waals surface area contributed by atoms with Crippen LogP contribution in [0.1, 0.15) is 24.0 Å². The number of hydrogen-bond donors (Lipinski definition) is 1. The summed E-state index contributed by atoms with van der Waals surface area (Å²) in [7, 11) is -2.14. The number of carbonyl (C=O) groups excluding carboxylic acids is 1. The largest absolute Gasteiger partial charge is 0.495 e. The van der Waals surface area contributed by atoms with E-state index in [4.69, 9.17) is 9.47 Å². The minimum Gasteiger partial charge on any atom is -0.495 e. The van der Waals surface area contributed by atoms with Gasteiger partial charge in [-0.05, 0) is 68.1 Å². The zero-order valence-corrected chi connectivity index (χ0v) is 19.6. The van der Waals surface area contributed by atoms with Gasteiger partial charge in [0.1, 0.15) is 11.5 Å². The first-order valence-corrected chi connectivity index (χ1v) is 11.8. The molecule has 1 aliphatic rings. The number of nitrogens with one attached hydrogen (secondary N) is 1. The molecule has 1 aliphatic heterocycles. The second-order valence-corrected chi connectivity index (χ2v) is 9.91. The van der Waals surface area contributed by atoms with Crippen LogP contribution in [0.25, 0.3) is 0 Å². The van der Waals surface area contributed by atoms with E-state index in [2.05, 4.69) is 21.2 Å². The first-order chi connectivity index (χ1) is 14.2. The summed E-state index contributed by atoms with van der Waals surface area (Å²) in [5.41, 5.74) is 2.30. The molecule has 9 heteroatoms. The van der Waals surface area contributed by atoms with Crippen LogP contribution in [0.15, 0.2) is 39.7 Å². The summed E-state index contributed by atoms with van der Waals surface area (Å²) in [5, 5.41) is 2.69. The summed E-state index contributed by atoms with van der Waals surface area (Å²) >= 11 is 3.50. The van der Waals surface area contributed by atoms with E-state index in [1.165, 1.54) is 23.5 Å². The fraction of sp³-hybridized carbons (Fsp3) is 0.381. The fourth-order valence-corrected chi connectivity index (χ4v) is 5.12. The summed E-state index contributed by atoms with van der Waals surface area (Å²) < 4.78 is 39.0. The van der Waals surface area contributed by atoms with Crippen molar-refractivity contribution in [2.45, 2.75) is 31.6 Å². The smallest absolute Gasteiger partial charge is 0.262 e. The molecule has 7 nitrogen and oxygen atoms in total. The van der Waals surface area contributed by atoms with Gasteiger partial charge in [-0.1, -0.05) is 15.9 Å². The highest BCUT2D eigenvalue weighted by atomic mass is 79.9. The lowest BCUT2D eigenvalue weighted by Gasteiger charge is -2.17. The van der Waals surface area contributed by atoms with E-state index in [0.717, 1.165) is 28.4 Å². The summed E-state index contributed by atoms with van der Waals surface area (Å²) in [6.45, 7) is 4.70. The molecule has 1 heterocycles. The van der Waals surface area contributed by atoms with Gasteiger partial charge in [0.25, 0.3) is 5.91 Å². The van der Waals surface area contributed by atoms with Gasteiger partial charge in [-0.25, -0.2) is 8.42 Å². The number of hydrogen-bond acceptors (Lipinski definition) is 5. The van der Waals surface area contributed by atoms with Gasteiger partial charge in [0.15, 0.2) is 6.61 Å². The van der Waals surface area contributed by atoms with E-state index >= 15 is 0 Å². The Morgan fingerprint density at radius 2 is 1.77 bits per heavy atom. The number of rotatable bonds is 7. The number of sulfonamides is 1. The van der Waals surface area contributed by atoms with Crippen LogP contribution in [0.2, 0.25) is 0 Å². The zero-order valence-electron chi connectivity index (χ0n) is 17.2. The molecule has 0 radical (unpaired) electrons. The van der Waals surface area contributed by atoms with Crippen molar-refractivity contribution in [2.24, 2.45) is 0 Å². The van der Waals surface area contributed by atoms with Gasteiger partial charge in [-0.2, -0.15) is 4.31 Å². The van der Waals surface area contributed by atoms with E-state index in [-0.39, 0.29) is 17.2 Å². The number of anilines is 1. The third-order valence-corrected chi connectivity index (χ3v) is 8.07. The van der Waals surface area contributed by atoms with Crippen LogP contribution in [0.3, 0.4) is 0 Å². The molecule has 1 saturated heterocycles. The van der Waals surface area contributed by atoms with E-state index in [0.29, 0.717) is 24.6 Å². The Morgan fingerprint density at radius 1 is 1.13 bits per heavy atom. The number of carbonyl (C=O) groups is 1. The number of ether oxygens (including phenoxy) is 2. The van der Waals surface area contributed by atoms with Crippen molar-refractivity contribution < 1.29 is 22.7 Å².